The number of carbonyl (C=O) groups excluding carboxylic acids is 1. The monoisotopic (exact) mass is 533 g/mol. The maximum atomic E-state index is 12.9. The average Bonchev–Trinajstić information content (AvgIpc) is 3.27. The normalized spacial score (nSPS) is 12.6. The number of rotatable bonds is 4. The molecule has 0 bridgehead atoms. The molecule has 2 aromatic heterocycles. The third-order valence-electron chi connectivity index (χ3n) is 5.61. The molecule has 0 aliphatic carbocycles. The first-order valence-corrected chi connectivity index (χ1v) is 12.8. The molecule has 2 aromatic carbocycles. The summed E-state index contributed by atoms with van der Waals surface area (Å²) >= 11 is 8.02. The Hall–Kier alpha value is -3.95. The predicted octanol–water partition coefficient (Wildman–Crippen LogP) is 6.64. The Kier molecular flexibility index (Phi) is 7.47. The Morgan fingerprint density at radius 3 is 2.54 bits per heavy atom. The van der Waals surface area contributed by atoms with Gasteiger partial charge in [-0.05, 0) is 36.8 Å². The quantitative estimate of drug-likeness (QED) is 0.172. The number of amidine groups is 1. The number of amides is 2. The number of nitrogens with two attached hydrogens (primary N) is 2. The molecule has 37 heavy (non-hydrogen) atoms. The number of nitrogen functional groups attached to an aromatic ring is 1. The smallest absolute Gasteiger partial charge is 0.324 e. The number of aliphatic imine (C=N–C) groups is 1. The predicted molar refractivity (Wildman–Crippen MR) is 154 cm³/mol. The highest BCUT2D eigenvalue weighted by Crippen LogP contribution is 2.37. The number of halogens is 1. The fourth-order valence-electron chi connectivity index (χ4n) is 3.38. The molecule has 0 atom stereocenters. The van der Waals surface area contributed by atoms with E-state index in [0.29, 0.717) is 33.7 Å². The molecule has 0 fully saturated rings. The number of allylic oxidation sites excluding steroid dienone is 1. The maximum absolute atomic E-state index is 12.9. The number of urea groups is 1. The van der Waals surface area contributed by atoms with Crippen LogP contribution in [0.4, 0.5) is 22.0 Å². The molecule has 10 heteroatoms. The van der Waals surface area contributed by atoms with Gasteiger partial charge in [-0.25, -0.2) is 19.8 Å². The topological polar surface area (TPSA) is 131 Å². The van der Waals surface area contributed by atoms with Crippen molar-refractivity contribution in [2.45, 2.75) is 27.7 Å². The van der Waals surface area contributed by atoms with Crippen molar-refractivity contribution in [1.29, 1.82) is 0 Å². The van der Waals surface area contributed by atoms with Crippen LogP contribution in [-0.2, 0) is 0 Å². The molecule has 0 unspecified atom stereocenters. The average molecular weight is 534 g/mol. The Morgan fingerprint density at radius 1 is 1.14 bits per heavy atom. The Bertz CT molecular complexity index is 1520. The summed E-state index contributed by atoms with van der Waals surface area (Å²) < 4.78 is 0. The summed E-state index contributed by atoms with van der Waals surface area (Å²) in [5.41, 5.74) is 16.6. The van der Waals surface area contributed by atoms with Crippen LogP contribution in [0.3, 0.4) is 0 Å². The summed E-state index contributed by atoms with van der Waals surface area (Å²) in [7, 11) is 0. The molecule has 0 aliphatic heterocycles. The van der Waals surface area contributed by atoms with Crippen molar-refractivity contribution in [3.05, 3.63) is 76.5 Å². The second-order valence-corrected chi connectivity index (χ2v) is 10.8. The molecule has 0 saturated carbocycles. The lowest BCUT2D eigenvalue weighted by Gasteiger charge is -2.19. The molecular weight excluding hydrogens is 506 g/mol. The van der Waals surface area contributed by atoms with Gasteiger partial charge in [0.05, 0.1) is 21.8 Å². The van der Waals surface area contributed by atoms with E-state index in [-0.39, 0.29) is 5.41 Å². The van der Waals surface area contributed by atoms with E-state index in [1.165, 1.54) is 17.7 Å². The lowest BCUT2D eigenvalue weighted by Crippen LogP contribution is -2.34. The second kappa shape index (κ2) is 10.6. The van der Waals surface area contributed by atoms with Crippen molar-refractivity contribution in [1.82, 2.24) is 15.3 Å². The number of aryl methyl sites for hydroxylation is 1. The maximum Gasteiger partial charge on any atom is 0.324 e. The van der Waals surface area contributed by atoms with Gasteiger partial charge in [0.1, 0.15) is 22.8 Å². The zero-order chi connectivity index (χ0) is 26.7. The molecule has 0 aliphatic rings. The fraction of sp³-hybridized carbons (Fsp3) is 0.185. The lowest BCUT2D eigenvalue weighted by atomic mass is 9.92. The molecule has 4 rings (SSSR count). The van der Waals surface area contributed by atoms with Gasteiger partial charge in [0.2, 0.25) is 0 Å². The van der Waals surface area contributed by atoms with Gasteiger partial charge < -0.3 is 16.8 Å². The van der Waals surface area contributed by atoms with Crippen LogP contribution in [0.15, 0.2) is 70.9 Å². The summed E-state index contributed by atoms with van der Waals surface area (Å²) in [6.07, 6.45) is 3.11. The first kappa shape index (κ1) is 26.1. The van der Waals surface area contributed by atoms with Crippen LogP contribution in [0, 0.1) is 12.3 Å². The summed E-state index contributed by atoms with van der Waals surface area (Å²) in [6.45, 7) is 7.96. The summed E-state index contributed by atoms with van der Waals surface area (Å²) in [5.74, 6) is 0.712. The third kappa shape index (κ3) is 6.25. The van der Waals surface area contributed by atoms with Crippen LogP contribution in [0.1, 0.15) is 26.3 Å². The molecule has 2 amide bonds. The minimum absolute atomic E-state index is 0.300. The first-order chi connectivity index (χ1) is 17.5. The number of fused-ring (bicyclic) bond motifs is 1. The van der Waals surface area contributed by atoms with Gasteiger partial charge >= 0.3 is 6.03 Å². The molecular formula is C27H28ClN7OS. The molecule has 0 spiro atoms. The van der Waals surface area contributed by atoms with E-state index in [2.05, 4.69) is 25.6 Å². The number of hydrogen-bond acceptors (Lipinski definition) is 7. The van der Waals surface area contributed by atoms with Gasteiger partial charge in [-0.3, -0.25) is 5.32 Å². The fourth-order valence-corrected chi connectivity index (χ4v) is 4.53. The molecule has 0 saturated heterocycles. The Morgan fingerprint density at radius 2 is 1.86 bits per heavy atom. The number of benzene rings is 2. The number of aromatic nitrogens is 2. The highest BCUT2D eigenvalue weighted by Gasteiger charge is 2.17. The number of anilines is 2. The van der Waals surface area contributed by atoms with Crippen LogP contribution in [0.25, 0.3) is 21.3 Å². The van der Waals surface area contributed by atoms with Gasteiger partial charge in [0.25, 0.3) is 0 Å². The SMILES string of the molecule is Cc1ccc(N=C(C=C(N)C(C)(C)C)NC(=O)Nc2ccc(-c3csc4ncnc(N)c34)cc2Cl)cc1. The van der Waals surface area contributed by atoms with Gasteiger partial charge in [-0.1, -0.05) is 56.1 Å². The number of thiophene rings is 1. The summed E-state index contributed by atoms with van der Waals surface area (Å²) in [4.78, 5) is 26.7. The minimum Gasteiger partial charge on any atom is -0.401 e. The van der Waals surface area contributed by atoms with Crippen LogP contribution < -0.4 is 22.1 Å². The van der Waals surface area contributed by atoms with Gasteiger partial charge in [0.15, 0.2) is 0 Å². The van der Waals surface area contributed by atoms with Crippen LogP contribution >= 0.6 is 22.9 Å². The first-order valence-electron chi connectivity index (χ1n) is 11.5. The molecule has 8 nitrogen and oxygen atoms in total. The minimum atomic E-state index is -0.503. The van der Waals surface area contributed by atoms with Gasteiger partial charge in [0, 0.05) is 28.1 Å². The van der Waals surface area contributed by atoms with Crippen LogP contribution in [-0.4, -0.2) is 21.8 Å². The number of hydrogen-bond donors (Lipinski definition) is 4. The number of nitrogens with one attached hydrogen (secondary N) is 2. The zero-order valence-electron chi connectivity index (χ0n) is 21.0. The second-order valence-electron chi connectivity index (χ2n) is 9.54. The van der Waals surface area contributed by atoms with Crippen molar-refractivity contribution in [2.75, 3.05) is 11.1 Å². The Balaban J connectivity index is 1.57. The standard InChI is InChI=1S/C27H28ClN7OS/c1-15-5-8-17(9-6-15)33-22(12-21(29)27(2,3)4)35-26(36)34-20-10-7-16(11-19(20)28)18-13-37-25-23(18)24(30)31-14-32-25/h5-14H,29H2,1-4H3,(H2,30,31,32)(H2,33,34,35,36). The molecule has 6 N–H and O–H groups in total. The van der Waals surface area contributed by atoms with E-state index < -0.39 is 6.03 Å². The van der Waals surface area contributed by atoms with Crippen molar-refractivity contribution >= 4 is 62.2 Å². The van der Waals surface area contributed by atoms with Crippen LogP contribution in [0.2, 0.25) is 5.02 Å². The van der Waals surface area contributed by atoms with Crippen LogP contribution in [0.5, 0.6) is 0 Å². The van der Waals surface area contributed by atoms with E-state index >= 15 is 0 Å². The van der Waals surface area contributed by atoms with Crippen molar-refractivity contribution < 1.29 is 4.79 Å². The highest BCUT2D eigenvalue weighted by atomic mass is 35.5. The largest absolute Gasteiger partial charge is 0.401 e. The van der Waals surface area contributed by atoms with Crippen molar-refractivity contribution in [3.63, 3.8) is 0 Å². The summed E-state index contributed by atoms with van der Waals surface area (Å²) in [5, 5.41) is 8.68. The van der Waals surface area contributed by atoms with Gasteiger partial charge in [-0.2, -0.15) is 0 Å². The molecule has 4 aromatic rings. The highest BCUT2D eigenvalue weighted by molar-refractivity contribution is 7.17. The van der Waals surface area contributed by atoms with Crippen molar-refractivity contribution in [2.24, 2.45) is 16.1 Å². The van der Waals surface area contributed by atoms with Gasteiger partial charge in [-0.15, -0.1) is 11.3 Å². The Labute approximate surface area is 224 Å². The van der Waals surface area contributed by atoms with E-state index in [0.717, 1.165) is 26.9 Å². The number of carbonyl (C=O) groups is 1. The molecule has 0 radical (unpaired) electrons. The zero-order valence-corrected chi connectivity index (χ0v) is 22.5. The molecule has 2 heterocycles. The van der Waals surface area contributed by atoms with E-state index in [1.54, 1.807) is 18.2 Å². The summed E-state index contributed by atoms with van der Waals surface area (Å²) in [6, 6.07) is 12.5. The van der Waals surface area contributed by atoms with E-state index in [9.17, 15) is 4.79 Å². The number of nitrogens with zero attached hydrogens (tertiary/aromatic N) is 3. The van der Waals surface area contributed by atoms with E-state index in [1.807, 2.05) is 63.4 Å². The van der Waals surface area contributed by atoms with E-state index in [4.69, 9.17) is 23.1 Å². The lowest BCUT2D eigenvalue weighted by molar-refractivity contribution is 0.256. The molecule has 190 valence electrons. The van der Waals surface area contributed by atoms with Crippen molar-refractivity contribution in [3.8, 4) is 11.1 Å². The third-order valence-corrected chi connectivity index (χ3v) is 6.81.